The number of hydrogen-bond acceptors (Lipinski definition) is 5. The van der Waals surface area contributed by atoms with Crippen LogP contribution in [-0.4, -0.2) is 48.7 Å². The minimum atomic E-state index is -0.517. The summed E-state index contributed by atoms with van der Waals surface area (Å²) in [4.78, 5) is 44.1. The van der Waals surface area contributed by atoms with Gasteiger partial charge in [-0.2, -0.15) is 4.98 Å². The molecule has 3 heterocycles. The maximum Gasteiger partial charge on any atom is 0.332 e. The van der Waals surface area contributed by atoms with Gasteiger partial charge >= 0.3 is 5.69 Å². The summed E-state index contributed by atoms with van der Waals surface area (Å²) in [5, 5.41) is 0. The van der Waals surface area contributed by atoms with E-state index in [-0.39, 0.29) is 41.6 Å². The molecular weight excluding hydrogens is 429 g/mol. The number of ether oxygens (including phenoxy) is 1. The van der Waals surface area contributed by atoms with E-state index in [4.69, 9.17) is 4.74 Å². The average Bonchev–Trinajstić information content (AvgIpc) is 3.61. The van der Waals surface area contributed by atoms with Crippen LogP contribution in [-0.2, 0) is 25.4 Å². The van der Waals surface area contributed by atoms with E-state index in [0.29, 0.717) is 31.5 Å². The molecule has 10 heteroatoms. The first kappa shape index (κ1) is 21.4. The summed E-state index contributed by atoms with van der Waals surface area (Å²) in [6.07, 6.45) is 3.02. The van der Waals surface area contributed by atoms with E-state index >= 15 is 0 Å². The highest BCUT2D eigenvalue weighted by Crippen LogP contribution is 2.32. The number of amides is 1. The van der Waals surface area contributed by atoms with Gasteiger partial charge in [-0.3, -0.25) is 23.3 Å². The highest BCUT2D eigenvalue weighted by molar-refractivity contribution is 5.81. The number of piperidine rings is 1. The molecule has 0 atom stereocenters. The fraction of sp³-hybridized carbons (Fsp3) is 0.478. The molecule has 0 N–H and O–H groups in total. The minimum Gasteiger partial charge on any atom is -0.461 e. The van der Waals surface area contributed by atoms with Gasteiger partial charge in [-0.15, -0.1) is 0 Å². The Labute approximate surface area is 189 Å². The lowest BCUT2D eigenvalue weighted by Crippen LogP contribution is -2.42. The third-order valence-electron chi connectivity index (χ3n) is 6.55. The predicted molar refractivity (Wildman–Crippen MR) is 119 cm³/mol. The zero-order valence-electron chi connectivity index (χ0n) is 18.7. The van der Waals surface area contributed by atoms with E-state index in [0.717, 1.165) is 17.4 Å². The summed E-state index contributed by atoms with van der Waals surface area (Å²) < 4.78 is 24.5. The fourth-order valence-corrected chi connectivity index (χ4v) is 4.39. The monoisotopic (exact) mass is 455 g/mol. The van der Waals surface area contributed by atoms with Crippen LogP contribution in [0.5, 0.6) is 6.01 Å². The van der Waals surface area contributed by atoms with Gasteiger partial charge in [0.1, 0.15) is 11.9 Å². The van der Waals surface area contributed by atoms with Crippen LogP contribution in [0.1, 0.15) is 31.2 Å². The molecule has 1 saturated carbocycles. The standard InChI is InChI=1S/C23H26FN5O4/c1-26-19-18(21(31)27(2)23(26)32)29(13-15-5-3-4-6-17(15)24)22(25-19)33-16-9-11-28(12-10-16)20(30)14-7-8-14/h3-6,14,16H,7-13H2,1-2H3. The van der Waals surface area contributed by atoms with Crippen LogP contribution in [0.25, 0.3) is 11.2 Å². The maximum absolute atomic E-state index is 14.4. The summed E-state index contributed by atoms with van der Waals surface area (Å²) in [5.74, 6) is 0.00233. The first-order chi connectivity index (χ1) is 15.8. The van der Waals surface area contributed by atoms with Crippen LogP contribution in [0.15, 0.2) is 33.9 Å². The Balaban J connectivity index is 1.50. The molecule has 1 aliphatic heterocycles. The Hall–Kier alpha value is -3.43. The second-order valence-electron chi connectivity index (χ2n) is 8.87. The quantitative estimate of drug-likeness (QED) is 0.580. The van der Waals surface area contributed by atoms with Crippen LogP contribution in [0, 0.1) is 11.7 Å². The molecule has 0 radical (unpaired) electrons. The van der Waals surface area contributed by atoms with Crippen LogP contribution in [0.4, 0.5) is 4.39 Å². The zero-order chi connectivity index (χ0) is 23.3. The summed E-state index contributed by atoms with van der Waals surface area (Å²) in [6, 6.07) is 6.48. The van der Waals surface area contributed by atoms with E-state index in [1.165, 1.54) is 29.3 Å². The second-order valence-corrected chi connectivity index (χ2v) is 8.87. The molecule has 0 bridgehead atoms. The number of aryl methyl sites for hydroxylation is 1. The average molecular weight is 455 g/mol. The molecule has 33 heavy (non-hydrogen) atoms. The van der Waals surface area contributed by atoms with E-state index < -0.39 is 17.1 Å². The van der Waals surface area contributed by atoms with Crippen molar-refractivity contribution in [2.24, 2.45) is 20.0 Å². The number of rotatable bonds is 5. The van der Waals surface area contributed by atoms with Gasteiger partial charge in [0.25, 0.3) is 11.6 Å². The van der Waals surface area contributed by atoms with Crippen molar-refractivity contribution in [2.45, 2.75) is 38.3 Å². The van der Waals surface area contributed by atoms with Crippen molar-refractivity contribution < 1.29 is 13.9 Å². The number of halogens is 1. The van der Waals surface area contributed by atoms with Crippen LogP contribution >= 0.6 is 0 Å². The lowest BCUT2D eigenvalue weighted by molar-refractivity contribution is -0.134. The molecular formula is C23H26FN5O4. The van der Waals surface area contributed by atoms with Gasteiger partial charge in [-0.05, 0) is 18.9 Å². The Morgan fingerprint density at radius 2 is 1.79 bits per heavy atom. The van der Waals surface area contributed by atoms with Crippen molar-refractivity contribution >= 4 is 17.1 Å². The topological polar surface area (TPSA) is 91.4 Å². The van der Waals surface area contributed by atoms with Gasteiger partial charge in [-0.25, -0.2) is 9.18 Å². The van der Waals surface area contributed by atoms with Crippen molar-refractivity contribution in [1.29, 1.82) is 0 Å². The van der Waals surface area contributed by atoms with E-state index in [1.54, 1.807) is 18.2 Å². The Morgan fingerprint density at radius 1 is 1.09 bits per heavy atom. The predicted octanol–water partition coefficient (Wildman–Crippen LogP) is 1.40. The molecule has 9 nitrogen and oxygen atoms in total. The lowest BCUT2D eigenvalue weighted by Gasteiger charge is -2.32. The molecule has 2 aliphatic rings. The van der Waals surface area contributed by atoms with E-state index in [9.17, 15) is 18.8 Å². The summed E-state index contributed by atoms with van der Waals surface area (Å²) in [5.41, 5.74) is -0.268. The molecule has 1 amide bonds. The van der Waals surface area contributed by atoms with Gasteiger partial charge in [0.05, 0.1) is 6.54 Å². The molecule has 174 valence electrons. The van der Waals surface area contributed by atoms with E-state index in [2.05, 4.69) is 4.98 Å². The number of fused-ring (bicyclic) bond motifs is 1. The minimum absolute atomic E-state index is 0.0327. The van der Waals surface area contributed by atoms with Crippen LogP contribution in [0.3, 0.4) is 0 Å². The molecule has 2 fully saturated rings. The third kappa shape index (κ3) is 3.83. The first-order valence-electron chi connectivity index (χ1n) is 11.2. The molecule has 1 aromatic carbocycles. The number of carbonyl (C=O) groups is 1. The number of likely N-dealkylation sites (tertiary alicyclic amines) is 1. The van der Waals surface area contributed by atoms with E-state index in [1.807, 2.05) is 4.90 Å². The SMILES string of the molecule is Cn1c(=O)c2c(nc(OC3CCN(C(=O)C4CC4)CC3)n2Cc2ccccc2F)n(C)c1=O. The third-order valence-corrected chi connectivity index (χ3v) is 6.55. The largest absolute Gasteiger partial charge is 0.461 e. The molecule has 1 saturated heterocycles. The van der Waals surface area contributed by atoms with Crippen molar-refractivity contribution in [3.63, 3.8) is 0 Å². The summed E-state index contributed by atoms with van der Waals surface area (Å²) in [7, 11) is 2.94. The van der Waals surface area contributed by atoms with Gasteiger partial charge in [0.15, 0.2) is 11.2 Å². The lowest BCUT2D eigenvalue weighted by atomic mass is 10.1. The van der Waals surface area contributed by atoms with Gasteiger partial charge in [0.2, 0.25) is 5.91 Å². The number of benzene rings is 1. The molecule has 5 rings (SSSR count). The van der Waals surface area contributed by atoms with Gasteiger partial charge in [0, 0.05) is 51.5 Å². The number of hydrogen-bond donors (Lipinski definition) is 0. The van der Waals surface area contributed by atoms with Crippen LogP contribution < -0.4 is 16.0 Å². The van der Waals surface area contributed by atoms with Crippen molar-refractivity contribution in [3.05, 3.63) is 56.5 Å². The number of carbonyl (C=O) groups excluding carboxylic acids is 1. The first-order valence-corrected chi connectivity index (χ1v) is 11.2. The number of imidazole rings is 1. The van der Waals surface area contributed by atoms with Gasteiger partial charge < -0.3 is 9.64 Å². The van der Waals surface area contributed by atoms with Crippen molar-refractivity contribution in [2.75, 3.05) is 13.1 Å². The smallest absolute Gasteiger partial charge is 0.332 e. The zero-order valence-corrected chi connectivity index (χ0v) is 18.7. The fourth-order valence-electron chi connectivity index (χ4n) is 4.39. The Kier molecular flexibility index (Phi) is 5.30. The number of nitrogens with zero attached hydrogens (tertiary/aromatic N) is 5. The highest BCUT2D eigenvalue weighted by Gasteiger charge is 2.35. The molecule has 0 spiro atoms. The molecule has 0 unspecified atom stereocenters. The summed E-state index contributed by atoms with van der Waals surface area (Å²) in [6.45, 7) is 1.24. The maximum atomic E-state index is 14.4. The van der Waals surface area contributed by atoms with Crippen molar-refractivity contribution in [1.82, 2.24) is 23.6 Å². The Bertz CT molecular complexity index is 1350. The highest BCUT2D eigenvalue weighted by atomic mass is 19.1. The van der Waals surface area contributed by atoms with Crippen LogP contribution in [0.2, 0.25) is 0 Å². The normalized spacial score (nSPS) is 17.0. The van der Waals surface area contributed by atoms with Gasteiger partial charge in [-0.1, -0.05) is 18.2 Å². The Morgan fingerprint density at radius 3 is 2.45 bits per heavy atom. The molecule has 2 aromatic heterocycles. The van der Waals surface area contributed by atoms with Crippen molar-refractivity contribution in [3.8, 4) is 6.01 Å². The summed E-state index contributed by atoms with van der Waals surface area (Å²) >= 11 is 0. The molecule has 1 aliphatic carbocycles. The molecule has 3 aromatic rings. The second kappa shape index (κ2) is 8.17. The number of aromatic nitrogens is 4.